The average molecular weight is 389 g/mol. The molecule has 0 aliphatic carbocycles. The molecule has 0 bridgehead atoms. The Balaban J connectivity index is 2.11. The standard InChI is InChI=1S/C17H15N3O6S/c1-25-14-9-12(20(23)24)6-7-13(14)18-17(27)19-15(21)10-4-3-5-11(8-10)16(22)26-2/h3-9H,1-2H3,(H2,18,19,21,27). The number of nitro benzene ring substituents is 1. The van der Waals surface area contributed by atoms with Crippen LogP contribution >= 0.6 is 12.2 Å². The number of nitro groups is 1. The number of anilines is 1. The fourth-order valence-electron chi connectivity index (χ4n) is 2.13. The Kier molecular flexibility index (Phi) is 6.39. The number of methoxy groups -OCH3 is 2. The molecule has 0 aliphatic heterocycles. The van der Waals surface area contributed by atoms with Crippen LogP contribution in [0.4, 0.5) is 11.4 Å². The molecule has 27 heavy (non-hydrogen) atoms. The van der Waals surface area contributed by atoms with Crippen LogP contribution < -0.4 is 15.4 Å². The van der Waals surface area contributed by atoms with Crippen LogP contribution in [-0.4, -0.2) is 36.1 Å². The minimum atomic E-state index is -0.569. The van der Waals surface area contributed by atoms with Gasteiger partial charge < -0.3 is 14.8 Å². The van der Waals surface area contributed by atoms with Crippen LogP contribution in [0, 0.1) is 10.1 Å². The maximum absolute atomic E-state index is 12.3. The zero-order valence-electron chi connectivity index (χ0n) is 14.3. The van der Waals surface area contributed by atoms with Crippen molar-refractivity contribution in [3.05, 3.63) is 63.7 Å². The maximum Gasteiger partial charge on any atom is 0.337 e. The largest absolute Gasteiger partial charge is 0.494 e. The third-order valence-corrected chi connectivity index (χ3v) is 3.62. The first-order chi connectivity index (χ1) is 12.8. The number of hydrogen-bond donors (Lipinski definition) is 2. The fraction of sp³-hybridized carbons (Fsp3) is 0.118. The van der Waals surface area contributed by atoms with E-state index in [1.807, 2.05) is 0 Å². The topological polar surface area (TPSA) is 120 Å². The normalized spacial score (nSPS) is 9.85. The Hall–Kier alpha value is -3.53. The van der Waals surface area contributed by atoms with Crippen molar-refractivity contribution in [2.75, 3.05) is 19.5 Å². The molecule has 0 aliphatic rings. The summed E-state index contributed by atoms with van der Waals surface area (Å²) in [5.41, 5.74) is 0.627. The number of nitrogens with one attached hydrogen (secondary N) is 2. The van der Waals surface area contributed by atoms with Crippen molar-refractivity contribution < 1.29 is 24.0 Å². The Bertz CT molecular complexity index is 915. The second-order valence-electron chi connectivity index (χ2n) is 5.12. The predicted molar refractivity (Wildman–Crippen MR) is 101 cm³/mol. The van der Waals surface area contributed by atoms with Gasteiger partial charge in [0.05, 0.1) is 36.5 Å². The van der Waals surface area contributed by atoms with E-state index in [-0.39, 0.29) is 27.7 Å². The van der Waals surface area contributed by atoms with Crippen LogP contribution in [-0.2, 0) is 4.74 Å². The van der Waals surface area contributed by atoms with Gasteiger partial charge in [0, 0.05) is 11.6 Å². The summed E-state index contributed by atoms with van der Waals surface area (Å²) in [5, 5.41) is 16.0. The molecule has 0 saturated heterocycles. The molecule has 2 aromatic rings. The second kappa shape index (κ2) is 8.72. The number of rotatable bonds is 5. The average Bonchev–Trinajstić information content (AvgIpc) is 2.67. The maximum atomic E-state index is 12.3. The van der Waals surface area contributed by atoms with Crippen molar-refractivity contribution in [1.29, 1.82) is 0 Å². The lowest BCUT2D eigenvalue weighted by molar-refractivity contribution is -0.384. The Labute approximate surface area is 159 Å². The lowest BCUT2D eigenvalue weighted by Crippen LogP contribution is -2.34. The summed E-state index contributed by atoms with van der Waals surface area (Å²) in [7, 11) is 2.59. The molecule has 0 fully saturated rings. The van der Waals surface area contributed by atoms with Crippen LogP contribution in [0.25, 0.3) is 0 Å². The van der Waals surface area contributed by atoms with Gasteiger partial charge in [-0.05, 0) is 36.5 Å². The molecule has 0 unspecified atom stereocenters. The second-order valence-corrected chi connectivity index (χ2v) is 5.53. The zero-order valence-corrected chi connectivity index (χ0v) is 15.2. The Morgan fingerprint density at radius 2 is 1.81 bits per heavy atom. The smallest absolute Gasteiger partial charge is 0.337 e. The highest BCUT2D eigenvalue weighted by atomic mass is 32.1. The number of benzene rings is 2. The van der Waals surface area contributed by atoms with E-state index in [2.05, 4.69) is 15.4 Å². The molecule has 0 saturated carbocycles. The SMILES string of the molecule is COC(=O)c1cccc(C(=O)NC(=S)Nc2ccc([N+](=O)[O-])cc2OC)c1. The first-order valence-electron chi connectivity index (χ1n) is 7.49. The van der Waals surface area contributed by atoms with Crippen molar-refractivity contribution in [2.24, 2.45) is 0 Å². The molecule has 2 N–H and O–H groups in total. The summed E-state index contributed by atoms with van der Waals surface area (Å²) in [4.78, 5) is 34.1. The Morgan fingerprint density at radius 1 is 1.11 bits per heavy atom. The van der Waals surface area contributed by atoms with Gasteiger partial charge >= 0.3 is 5.97 Å². The van der Waals surface area contributed by atoms with Crippen LogP contribution in [0.1, 0.15) is 20.7 Å². The molecule has 0 radical (unpaired) electrons. The van der Waals surface area contributed by atoms with E-state index in [4.69, 9.17) is 17.0 Å². The van der Waals surface area contributed by atoms with Crippen molar-refractivity contribution >= 4 is 40.6 Å². The van der Waals surface area contributed by atoms with E-state index in [0.29, 0.717) is 5.69 Å². The molecule has 0 spiro atoms. The van der Waals surface area contributed by atoms with Gasteiger partial charge in [-0.1, -0.05) is 6.07 Å². The van der Waals surface area contributed by atoms with E-state index >= 15 is 0 Å². The summed E-state index contributed by atoms with van der Waals surface area (Å²) in [5.74, 6) is -0.923. The van der Waals surface area contributed by atoms with Gasteiger partial charge in [0.15, 0.2) is 5.11 Å². The molecule has 2 rings (SSSR count). The van der Waals surface area contributed by atoms with Crippen molar-refractivity contribution in [3.63, 3.8) is 0 Å². The number of ether oxygens (including phenoxy) is 2. The highest BCUT2D eigenvalue weighted by Gasteiger charge is 2.15. The van der Waals surface area contributed by atoms with Crippen LogP contribution in [0.15, 0.2) is 42.5 Å². The molecule has 0 aromatic heterocycles. The zero-order chi connectivity index (χ0) is 20.0. The van der Waals surface area contributed by atoms with Gasteiger partial charge in [-0.2, -0.15) is 0 Å². The summed E-state index contributed by atoms with van der Waals surface area (Å²) >= 11 is 5.09. The Morgan fingerprint density at radius 3 is 2.44 bits per heavy atom. The molecule has 140 valence electrons. The summed E-state index contributed by atoms with van der Waals surface area (Å²) in [6.45, 7) is 0. The van der Waals surface area contributed by atoms with Gasteiger partial charge in [-0.15, -0.1) is 0 Å². The molecule has 1 amide bonds. The molecule has 9 nitrogen and oxygen atoms in total. The highest BCUT2D eigenvalue weighted by molar-refractivity contribution is 7.80. The van der Waals surface area contributed by atoms with Gasteiger partial charge in [0.1, 0.15) is 5.75 Å². The van der Waals surface area contributed by atoms with E-state index < -0.39 is 16.8 Å². The third kappa shape index (κ3) is 4.98. The monoisotopic (exact) mass is 389 g/mol. The number of amides is 1. The first-order valence-corrected chi connectivity index (χ1v) is 7.89. The van der Waals surface area contributed by atoms with Gasteiger partial charge in [0.25, 0.3) is 11.6 Å². The molecule has 0 heterocycles. The lowest BCUT2D eigenvalue weighted by Gasteiger charge is -2.13. The van der Waals surface area contributed by atoms with E-state index in [1.165, 1.54) is 56.7 Å². The van der Waals surface area contributed by atoms with Gasteiger partial charge in [-0.25, -0.2) is 4.79 Å². The summed E-state index contributed by atoms with van der Waals surface area (Å²) in [6, 6.07) is 9.85. The number of esters is 1. The van der Waals surface area contributed by atoms with Gasteiger partial charge in [-0.3, -0.25) is 20.2 Å². The molecule has 0 atom stereocenters. The molecular formula is C17H15N3O6S. The van der Waals surface area contributed by atoms with Crippen molar-refractivity contribution in [3.8, 4) is 5.75 Å². The third-order valence-electron chi connectivity index (χ3n) is 3.42. The number of carbonyl (C=O) groups is 2. The number of hydrogen-bond acceptors (Lipinski definition) is 7. The van der Waals surface area contributed by atoms with Crippen LogP contribution in [0.3, 0.4) is 0 Å². The quantitative estimate of drug-likeness (QED) is 0.346. The fourth-order valence-corrected chi connectivity index (χ4v) is 2.33. The first kappa shape index (κ1) is 19.8. The number of carbonyl (C=O) groups excluding carboxylic acids is 2. The number of thiocarbonyl (C=S) groups is 1. The molecule has 10 heteroatoms. The van der Waals surface area contributed by atoms with E-state index in [9.17, 15) is 19.7 Å². The minimum Gasteiger partial charge on any atom is -0.494 e. The summed E-state index contributed by atoms with van der Waals surface area (Å²) in [6.07, 6.45) is 0. The predicted octanol–water partition coefficient (Wildman–Crippen LogP) is 2.52. The van der Waals surface area contributed by atoms with Gasteiger partial charge in [0.2, 0.25) is 0 Å². The van der Waals surface area contributed by atoms with Crippen molar-refractivity contribution in [2.45, 2.75) is 0 Å². The summed E-state index contributed by atoms with van der Waals surface area (Å²) < 4.78 is 9.70. The van der Waals surface area contributed by atoms with Crippen molar-refractivity contribution in [1.82, 2.24) is 5.32 Å². The van der Waals surface area contributed by atoms with Crippen LogP contribution in [0.5, 0.6) is 5.75 Å². The molecular weight excluding hydrogens is 374 g/mol. The molecule has 2 aromatic carbocycles. The van der Waals surface area contributed by atoms with E-state index in [0.717, 1.165) is 0 Å². The van der Waals surface area contributed by atoms with Crippen LogP contribution in [0.2, 0.25) is 0 Å². The number of nitrogens with zero attached hydrogens (tertiary/aromatic N) is 1. The minimum absolute atomic E-state index is 0.0457. The lowest BCUT2D eigenvalue weighted by atomic mass is 10.1. The highest BCUT2D eigenvalue weighted by Crippen LogP contribution is 2.28. The van der Waals surface area contributed by atoms with E-state index in [1.54, 1.807) is 0 Å². The number of non-ortho nitro benzene ring substituents is 1.